The van der Waals surface area contributed by atoms with Crippen molar-refractivity contribution in [2.75, 3.05) is 0 Å². The van der Waals surface area contributed by atoms with Gasteiger partial charge in [-0.2, -0.15) is 0 Å². The maximum Gasteiger partial charge on any atom is 0.410 e. The van der Waals surface area contributed by atoms with Crippen LogP contribution in [0.2, 0.25) is 0 Å². The van der Waals surface area contributed by atoms with Gasteiger partial charge in [0.15, 0.2) is 0 Å². The summed E-state index contributed by atoms with van der Waals surface area (Å²) < 4.78 is 11.0. The Morgan fingerprint density at radius 1 is 1.11 bits per heavy atom. The minimum Gasteiger partial charge on any atom is -0.464 e. The largest absolute Gasteiger partial charge is 0.464 e. The van der Waals surface area contributed by atoms with E-state index in [1.807, 2.05) is 47.4 Å². The summed E-state index contributed by atoms with van der Waals surface area (Å²) in [5.41, 5.74) is 4.46. The molecule has 1 aromatic heterocycles. The molecular formula is C23H21NO3. The molecule has 1 fully saturated rings. The van der Waals surface area contributed by atoms with Crippen molar-refractivity contribution in [2.24, 2.45) is 0 Å². The Hall–Kier alpha value is -3.01. The summed E-state index contributed by atoms with van der Waals surface area (Å²) in [6.07, 6.45) is 6.67. The molecule has 4 nitrogen and oxygen atoms in total. The minimum absolute atomic E-state index is 0.127. The van der Waals surface area contributed by atoms with Crippen LogP contribution in [0.25, 0.3) is 16.5 Å². The zero-order chi connectivity index (χ0) is 18.2. The maximum atomic E-state index is 12.7. The van der Waals surface area contributed by atoms with Gasteiger partial charge < -0.3 is 9.15 Å². The van der Waals surface area contributed by atoms with Crippen molar-refractivity contribution in [3.05, 3.63) is 78.1 Å². The fraction of sp³-hybridized carbons (Fsp3) is 0.261. The zero-order valence-corrected chi connectivity index (χ0v) is 15.0. The fourth-order valence-electron chi connectivity index (χ4n) is 4.29. The van der Waals surface area contributed by atoms with Crippen LogP contribution < -0.4 is 0 Å². The number of fused-ring (bicyclic) bond motifs is 3. The lowest BCUT2D eigenvalue weighted by molar-refractivity contribution is 0.0832. The Balaban J connectivity index is 1.33. The van der Waals surface area contributed by atoms with Gasteiger partial charge in [-0.3, -0.25) is 4.90 Å². The summed E-state index contributed by atoms with van der Waals surface area (Å²) in [7, 11) is 0. The molecule has 0 saturated carbocycles. The number of amides is 1. The number of hydrogen-bond acceptors (Lipinski definition) is 3. The summed E-state index contributed by atoms with van der Waals surface area (Å²) >= 11 is 0. The first-order chi connectivity index (χ1) is 13.3. The predicted octanol–water partition coefficient (Wildman–Crippen LogP) is 5.39. The third kappa shape index (κ3) is 3.01. The second kappa shape index (κ2) is 6.62. The van der Waals surface area contributed by atoms with Crippen LogP contribution in [0.1, 0.15) is 30.4 Å². The molecule has 1 saturated heterocycles. The van der Waals surface area contributed by atoms with Gasteiger partial charge in [-0.25, -0.2) is 4.79 Å². The highest BCUT2D eigenvalue weighted by Gasteiger charge is 2.40. The Morgan fingerprint density at radius 2 is 2.00 bits per heavy atom. The monoisotopic (exact) mass is 359 g/mol. The summed E-state index contributed by atoms with van der Waals surface area (Å²) in [4.78, 5) is 14.6. The standard InChI is InChI=1S/C23H21NO3/c25-23(27-15-16-4-2-1-3-5-16)24-20-7-8-21(24)14-19(13-20)17-6-9-22-18(12-17)10-11-26-22/h1-6,9-13,20-21H,7-8,14-15H2. The van der Waals surface area contributed by atoms with Gasteiger partial charge in [-0.15, -0.1) is 0 Å². The zero-order valence-electron chi connectivity index (χ0n) is 15.0. The Labute approximate surface area is 158 Å². The number of rotatable bonds is 3. The van der Waals surface area contributed by atoms with Crippen LogP contribution in [-0.2, 0) is 11.3 Å². The average Bonchev–Trinajstić information content (AvgIpc) is 3.28. The fourth-order valence-corrected chi connectivity index (χ4v) is 4.29. The van der Waals surface area contributed by atoms with Crippen LogP contribution >= 0.6 is 0 Å². The molecule has 0 aliphatic carbocycles. The van der Waals surface area contributed by atoms with E-state index in [-0.39, 0.29) is 18.2 Å². The van der Waals surface area contributed by atoms with E-state index in [0.29, 0.717) is 6.61 Å². The molecule has 2 atom stereocenters. The highest BCUT2D eigenvalue weighted by Crippen LogP contribution is 2.39. The quantitative estimate of drug-likeness (QED) is 0.630. The van der Waals surface area contributed by atoms with Crippen LogP contribution in [-0.4, -0.2) is 23.1 Å². The second-order valence-electron chi connectivity index (χ2n) is 7.32. The second-order valence-corrected chi connectivity index (χ2v) is 7.32. The lowest BCUT2D eigenvalue weighted by Gasteiger charge is -2.33. The number of furan rings is 1. The van der Waals surface area contributed by atoms with Gasteiger partial charge in [0.05, 0.1) is 12.3 Å². The van der Waals surface area contributed by atoms with Crippen molar-refractivity contribution in [3.63, 3.8) is 0 Å². The number of ether oxygens (including phenoxy) is 1. The average molecular weight is 359 g/mol. The normalized spacial score (nSPS) is 21.3. The maximum absolute atomic E-state index is 12.7. The Bertz CT molecular complexity index is 1000. The van der Waals surface area contributed by atoms with Gasteiger partial charge in [0.2, 0.25) is 0 Å². The summed E-state index contributed by atoms with van der Waals surface area (Å²) in [5.74, 6) is 0. The number of nitrogens with zero attached hydrogens (tertiary/aromatic N) is 1. The molecule has 3 heterocycles. The Morgan fingerprint density at radius 3 is 2.85 bits per heavy atom. The lowest BCUT2D eigenvalue weighted by atomic mass is 9.94. The van der Waals surface area contributed by atoms with Gasteiger partial charge in [0.25, 0.3) is 0 Å². The molecule has 27 heavy (non-hydrogen) atoms. The van der Waals surface area contributed by atoms with E-state index in [4.69, 9.17) is 9.15 Å². The summed E-state index contributed by atoms with van der Waals surface area (Å²) in [5, 5.41) is 1.12. The van der Waals surface area contributed by atoms with Crippen molar-refractivity contribution in [1.29, 1.82) is 0 Å². The molecule has 2 aliphatic rings. The van der Waals surface area contributed by atoms with Crippen molar-refractivity contribution in [1.82, 2.24) is 4.90 Å². The highest BCUT2D eigenvalue weighted by atomic mass is 16.6. The van der Waals surface area contributed by atoms with Crippen LogP contribution in [0, 0.1) is 0 Å². The molecule has 0 spiro atoms. The highest BCUT2D eigenvalue weighted by molar-refractivity contribution is 5.83. The molecular weight excluding hydrogens is 338 g/mol. The number of carbonyl (C=O) groups excluding carboxylic acids is 1. The first kappa shape index (κ1) is 16.2. The van der Waals surface area contributed by atoms with Crippen molar-refractivity contribution >= 4 is 22.6 Å². The number of benzene rings is 2. The van der Waals surface area contributed by atoms with E-state index in [1.54, 1.807) is 6.26 Å². The van der Waals surface area contributed by atoms with Crippen LogP contribution in [0.5, 0.6) is 0 Å². The summed E-state index contributed by atoms with van der Waals surface area (Å²) in [6.45, 7) is 0.323. The molecule has 2 aliphatic heterocycles. The van der Waals surface area contributed by atoms with Gasteiger partial charge in [0, 0.05) is 11.4 Å². The van der Waals surface area contributed by atoms with E-state index in [2.05, 4.69) is 18.2 Å². The molecule has 3 aromatic rings. The van der Waals surface area contributed by atoms with Gasteiger partial charge in [0.1, 0.15) is 12.2 Å². The smallest absolute Gasteiger partial charge is 0.410 e. The van der Waals surface area contributed by atoms with E-state index in [9.17, 15) is 4.79 Å². The molecule has 2 aromatic carbocycles. The van der Waals surface area contributed by atoms with E-state index >= 15 is 0 Å². The van der Waals surface area contributed by atoms with E-state index < -0.39 is 0 Å². The predicted molar refractivity (Wildman–Crippen MR) is 104 cm³/mol. The van der Waals surface area contributed by atoms with Crippen LogP contribution in [0.4, 0.5) is 4.79 Å². The summed E-state index contributed by atoms with van der Waals surface area (Å²) in [6, 6.07) is 18.5. The van der Waals surface area contributed by atoms with Crippen LogP contribution in [0.3, 0.4) is 0 Å². The third-order valence-electron chi connectivity index (χ3n) is 5.63. The first-order valence-electron chi connectivity index (χ1n) is 9.45. The van der Waals surface area contributed by atoms with Crippen molar-refractivity contribution in [2.45, 2.75) is 38.0 Å². The molecule has 4 heteroatoms. The first-order valence-corrected chi connectivity index (χ1v) is 9.45. The molecule has 0 N–H and O–H groups in total. The molecule has 136 valence electrons. The minimum atomic E-state index is -0.202. The Kier molecular flexibility index (Phi) is 3.97. The van der Waals surface area contributed by atoms with E-state index in [1.165, 1.54) is 11.1 Å². The third-order valence-corrected chi connectivity index (χ3v) is 5.63. The molecule has 5 rings (SSSR count). The SMILES string of the molecule is O=C(OCc1ccccc1)N1C2C=C(c3ccc4occc4c3)CC1CC2. The van der Waals surface area contributed by atoms with Crippen molar-refractivity contribution < 1.29 is 13.9 Å². The topological polar surface area (TPSA) is 42.7 Å². The van der Waals surface area contributed by atoms with Gasteiger partial charge in [-0.1, -0.05) is 42.5 Å². The lowest BCUT2D eigenvalue weighted by Crippen LogP contribution is -2.43. The van der Waals surface area contributed by atoms with Gasteiger partial charge >= 0.3 is 6.09 Å². The van der Waals surface area contributed by atoms with Gasteiger partial charge in [-0.05, 0) is 54.2 Å². The molecule has 1 amide bonds. The number of carbonyl (C=O) groups is 1. The van der Waals surface area contributed by atoms with Crippen LogP contribution in [0.15, 0.2) is 71.4 Å². The van der Waals surface area contributed by atoms with Crippen molar-refractivity contribution in [3.8, 4) is 0 Å². The van der Waals surface area contributed by atoms with E-state index in [0.717, 1.165) is 35.8 Å². The molecule has 2 bridgehead atoms. The number of hydrogen-bond donors (Lipinski definition) is 0. The molecule has 2 unspecified atom stereocenters. The molecule has 0 radical (unpaired) electrons.